The second-order valence-corrected chi connectivity index (χ2v) is 4.11. The topological polar surface area (TPSA) is 75.4 Å². The number of aliphatic hydroxyl groups is 1. The molecule has 0 aliphatic heterocycles. The predicted molar refractivity (Wildman–Crippen MR) is 66.0 cm³/mol. The van der Waals surface area contributed by atoms with Gasteiger partial charge in [-0.1, -0.05) is 4.32 Å². The van der Waals surface area contributed by atoms with Crippen molar-refractivity contribution in [1.82, 2.24) is 5.32 Å². The summed E-state index contributed by atoms with van der Waals surface area (Å²) in [5.74, 6) is 0. The molecule has 17 heavy (non-hydrogen) atoms. The first-order chi connectivity index (χ1) is 7.50. The van der Waals surface area contributed by atoms with Crippen LogP contribution in [-0.2, 0) is 12.6 Å². The molecule has 1 aromatic carbocycles. The molecule has 0 fully saturated rings. The Morgan fingerprint density at radius 3 is 2.47 bits per heavy atom. The summed E-state index contributed by atoms with van der Waals surface area (Å²) in [6, 6.07) is 5.67. The molecule has 0 radical (unpaired) electrons. The SMILES string of the molecule is O=[N+]([O-])c1ccc(C(O)CNC(=S)[S-])cc1.[K+]. The zero-order valence-corrected chi connectivity index (χ0v) is 13.9. The third-order valence-electron chi connectivity index (χ3n) is 1.93. The van der Waals surface area contributed by atoms with Crippen LogP contribution in [0.15, 0.2) is 24.3 Å². The Labute approximate surface area is 152 Å². The van der Waals surface area contributed by atoms with Gasteiger partial charge in [-0.3, -0.25) is 10.1 Å². The monoisotopic (exact) mass is 296 g/mol. The Kier molecular flexibility index (Phi) is 8.59. The number of hydrogen-bond acceptors (Lipinski definition) is 5. The third-order valence-corrected chi connectivity index (χ3v) is 2.22. The fraction of sp³-hybridized carbons (Fsp3) is 0.222. The molecular weight excluding hydrogens is 287 g/mol. The molecule has 1 rings (SSSR count). The van der Waals surface area contributed by atoms with Gasteiger partial charge in [-0.05, 0) is 17.7 Å². The summed E-state index contributed by atoms with van der Waals surface area (Å²) in [5, 5.41) is 22.7. The molecule has 8 heteroatoms. The first kappa shape index (κ1) is 17.3. The maximum atomic E-state index is 10.4. The van der Waals surface area contributed by atoms with Crippen molar-refractivity contribution in [3.8, 4) is 0 Å². The predicted octanol–water partition coefficient (Wildman–Crippen LogP) is -1.95. The number of non-ortho nitro benzene ring substituents is 1. The molecule has 5 nitrogen and oxygen atoms in total. The molecular formula is C9H9KN2O3S2. The number of nitrogens with one attached hydrogen (secondary N) is 1. The number of nitrogens with zero attached hydrogens (tertiary/aromatic N) is 1. The van der Waals surface area contributed by atoms with Gasteiger partial charge in [0, 0.05) is 18.7 Å². The summed E-state index contributed by atoms with van der Waals surface area (Å²) in [7, 11) is 0. The third kappa shape index (κ3) is 6.16. The summed E-state index contributed by atoms with van der Waals surface area (Å²) in [6.07, 6.45) is -0.790. The molecule has 0 bridgehead atoms. The standard InChI is InChI=1S/C9H10N2O3S2.K/c12-8(5-10-9(15)16)6-1-3-7(4-2-6)11(13)14;/h1-4,8,12H,5H2,(H2,10,15,16);/q;+1/p-1. The zero-order valence-electron chi connectivity index (χ0n) is 9.12. The zero-order chi connectivity index (χ0) is 12.1. The second kappa shape index (κ2) is 8.43. The van der Waals surface area contributed by atoms with E-state index in [0.717, 1.165) is 0 Å². The van der Waals surface area contributed by atoms with Gasteiger partial charge >= 0.3 is 51.4 Å². The van der Waals surface area contributed by atoms with Crippen molar-refractivity contribution in [3.05, 3.63) is 39.9 Å². The molecule has 0 spiro atoms. The van der Waals surface area contributed by atoms with Gasteiger partial charge in [-0.25, -0.2) is 0 Å². The van der Waals surface area contributed by atoms with Crippen LogP contribution in [0, 0.1) is 10.1 Å². The molecule has 0 aromatic heterocycles. The van der Waals surface area contributed by atoms with Crippen LogP contribution < -0.4 is 56.7 Å². The van der Waals surface area contributed by atoms with E-state index in [1.54, 1.807) is 0 Å². The Hall–Kier alpha value is 0.326. The molecule has 0 saturated heterocycles. The van der Waals surface area contributed by atoms with E-state index in [9.17, 15) is 15.2 Å². The van der Waals surface area contributed by atoms with E-state index in [0.29, 0.717) is 5.56 Å². The van der Waals surface area contributed by atoms with Crippen molar-refractivity contribution in [1.29, 1.82) is 0 Å². The Morgan fingerprint density at radius 1 is 1.53 bits per heavy atom. The van der Waals surface area contributed by atoms with E-state index in [2.05, 4.69) is 30.2 Å². The average Bonchev–Trinajstić information content (AvgIpc) is 2.26. The number of nitro benzene ring substituents is 1. The molecule has 0 saturated carbocycles. The molecule has 0 heterocycles. The van der Waals surface area contributed by atoms with Crippen molar-refractivity contribution in [2.24, 2.45) is 0 Å². The van der Waals surface area contributed by atoms with Crippen molar-refractivity contribution >= 4 is 34.9 Å². The van der Waals surface area contributed by atoms with Gasteiger partial charge in [0.2, 0.25) is 0 Å². The molecule has 1 unspecified atom stereocenters. The summed E-state index contributed by atoms with van der Waals surface area (Å²) >= 11 is 9.24. The quantitative estimate of drug-likeness (QED) is 0.221. The van der Waals surface area contributed by atoms with Crippen LogP contribution in [0.3, 0.4) is 0 Å². The van der Waals surface area contributed by atoms with E-state index in [-0.39, 0.29) is 67.9 Å². The largest absolute Gasteiger partial charge is 1.00 e. The van der Waals surface area contributed by atoms with Gasteiger partial charge in [0.1, 0.15) is 0 Å². The smallest absolute Gasteiger partial charge is 0.412 e. The molecule has 1 aromatic rings. The van der Waals surface area contributed by atoms with Gasteiger partial charge in [-0.15, -0.1) is 0 Å². The van der Waals surface area contributed by atoms with E-state index < -0.39 is 11.0 Å². The Bertz CT molecular complexity index is 400. The van der Waals surface area contributed by atoms with E-state index in [1.165, 1.54) is 24.3 Å². The summed E-state index contributed by atoms with van der Waals surface area (Å²) < 4.78 is 0.181. The minimum Gasteiger partial charge on any atom is -0.412 e. The van der Waals surface area contributed by atoms with E-state index >= 15 is 0 Å². The average molecular weight is 296 g/mol. The number of hydrogen-bond donors (Lipinski definition) is 2. The normalized spacial score (nSPS) is 11.1. The summed E-state index contributed by atoms with van der Waals surface area (Å²) in [6.45, 7) is 0.195. The Morgan fingerprint density at radius 2 is 2.06 bits per heavy atom. The van der Waals surface area contributed by atoms with Crippen LogP contribution in [0.2, 0.25) is 0 Å². The molecule has 86 valence electrons. The number of thiocarbonyl (C=S) groups is 1. The van der Waals surface area contributed by atoms with Crippen LogP contribution in [0.5, 0.6) is 0 Å². The van der Waals surface area contributed by atoms with Crippen molar-refractivity contribution in [3.63, 3.8) is 0 Å². The number of nitro groups is 1. The van der Waals surface area contributed by atoms with Gasteiger partial charge in [0.15, 0.2) is 0 Å². The van der Waals surface area contributed by atoms with E-state index in [1.807, 2.05) is 0 Å². The first-order valence-corrected chi connectivity index (χ1v) is 5.19. The maximum Gasteiger partial charge on any atom is 1.00 e. The maximum absolute atomic E-state index is 10.4. The minimum absolute atomic E-state index is 0. The fourth-order valence-corrected chi connectivity index (χ4v) is 1.28. The summed E-state index contributed by atoms with van der Waals surface area (Å²) in [5.41, 5.74) is 0.562. The fourth-order valence-electron chi connectivity index (χ4n) is 1.12. The van der Waals surface area contributed by atoms with Crippen LogP contribution >= 0.6 is 12.2 Å². The molecule has 0 aliphatic carbocycles. The first-order valence-electron chi connectivity index (χ1n) is 4.38. The van der Waals surface area contributed by atoms with Crippen LogP contribution in [0.4, 0.5) is 5.69 Å². The van der Waals surface area contributed by atoms with Gasteiger partial charge < -0.3 is 35.3 Å². The molecule has 1 atom stereocenters. The van der Waals surface area contributed by atoms with Crippen LogP contribution in [0.1, 0.15) is 11.7 Å². The van der Waals surface area contributed by atoms with Crippen molar-refractivity contribution < 1.29 is 61.4 Å². The van der Waals surface area contributed by atoms with Gasteiger partial charge in [0.25, 0.3) is 5.69 Å². The minimum atomic E-state index is -0.790. The summed E-state index contributed by atoms with van der Waals surface area (Å²) in [4.78, 5) is 9.90. The van der Waals surface area contributed by atoms with Gasteiger partial charge in [-0.2, -0.15) is 0 Å². The van der Waals surface area contributed by atoms with Crippen molar-refractivity contribution in [2.75, 3.05) is 6.54 Å². The molecule has 2 N–H and O–H groups in total. The molecule has 0 aliphatic rings. The van der Waals surface area contributed by atoms with Gasteiger partial charge in [0.05, 0.1) is 11.0 Å². The number of rotatable bonds is 4. The number of benzene rings is 1. The van der Waals surface area contributed by atoms with E-state index in [4.69, 9.17) is 0 Å². The molecule has 0 amide bonds. The number of aliphatic hydroxyl groups excluding tert-OH is 1. The van der Waals surface area contributed by atoms with Crippen LogP contribution in [0.25, 0.3) is 0 Å². The second-order valence-electron chi connectivity index (χ2n) is 3.03. The van der Waals surface area contributed by atoms with Crippen molar-refractivity contribution in [2.45, 2.75) is 6.10 Å². The Balaban J connectivity index is 0.00000256. The van der Waals surface area contributed by atoms with Crippen LogP contribution in [-0.4, -0.2) is 20.9 Å².